The lowest BCUT2D eigenvalue weighted by Crippen LogP contribution is -2.31. The molecule has 2 aliphatic rings. The van der Waals surface area contributed by atoms with Crippen LogP contribution in [-0.2, 0) is 13.1 Å². The maximum Gasteiger partial charge on any atom is 0.124 e. The summed E-state index contributed by atoms with van der Waals surface area (Å²) in [6.45, 7) is 4.23. The monoisotopic (exact) mass is 341 g/mol. The number of aryl methyl sites for hydroxylation is 1. The van der Waals surface area contributed by atoms with Crippen molar-refractivity contribution in [3.05, 3.63) is 30.1 Å². The van der Waals surface area contributed by atoms with Crippen LogP contribution in [0.4, 0.5) is 0 Å². The second-order valence-electron chi connectivity index (χ2n) is 8.21. The minimum absolute atomic E-state index is 0.0421. The van der Waals surface area contributed by atoms with Crippen molar-refractivity contribution in [1.29, 1.82) is 0 Å². The van der Waals surface area contributed by atoms with Crippen LogP contribution < -0.4 is 0 Å². The highest BCUT2D eigenvalue weighted by atomic mass is 16.3. The second kappa shape index (κ2) is 7.08. The predicted molar refractivity (Wildman–Crippen MR) is 101 cm³/mol. The van der Waals surface area contributed by atoms with Crippen molar-refractivity contribution in [1.82, 2.24) is 14.5 Å². The summed E-state index contributed by atoms with van der Waals surface area (Å²) < 4.78 is 2.43. The molecular formula is C21H31N3O. The fourth-order valence-corrected chi connectivity index (χ4v) is 5.08. The third-order valence-electron chi connectivity index (χ3n) is 6.45. The van der Waals surface area contributed by atoms with Crippen LogP contribution in [0.15, 0.2) is 24.3 Å². The molecule has 4 nitrogen and oxygen atoms in total. The lowest BCUT2D eigenvalue weighted by atomic mass is 10.0. The third-order valence-corrected chi connectivity index (χ3v) is 6.45. The first-order valence-corrected chi connectivity index (χ1v) is 9.98. The first-order valence-electron chi connectivity index (χ1n) is 9.98. The molecule has 0 amide bonds. The number of hydrogen-bond donors (Lipinski definition) is 1. The number of aromatic nitrogens is 2. The van der Waals surface area contributed by atoms with E-state index in [1.54, 1.807) is 0 Å². The zero-order chi connectivity index (χ0) is 17.4. The quantitative estimate of drug-likeness (QED) is 0.868. The first-order chi connectivity index (χ1) is 12.2. The molecule has 25 heavy (non-hydrogen) atoms. The molecule has 4 atom stereocenters. The largest absolute Gasteiger partial charge is 0.393 e. The summed E-state index contributed by atoms with van der Waals surface area (Å²) in [5, 5.41) is 9.87. The molecule has 1 aromatic carbocycles. The molecule has 4 heteroatoms. The molecule has 2 unspecified atom stereocenters. The van der Waals surface area contributed by atoms with Gasteiger partial charge in [-0.3, -0.25) is 4.90 Å². The molecule has 0 spiro atoms. The average molecular weight is 341 g/mol. The van der Waals surface area contributed by atoms with Gasteiger partial charge in [0.15, 0.2) is 0 Å². The minimum atomic E-state index is -0.0421. The Bertz CT molecular complexity index is 711. The molecule has 1 aromatic heterocycles. The Morgan fingerprint density at radius 3 is 2.60 bits per heavy atom. The zero-order valence-electron chi connectivity index (χ0n) is 15.6. The van der Waals surface area contributed by atoms with E-state index in [9.17, 15) is 5.11 Å². The minimum Gasteiger partial charge on any atom is -0.393 e. The van der Waals surface area contributed by atoms with E-state index in [0.29, 0.717) is 6.04 Å². The summed E-state index contributed by atoms with van der Waals surface area (Å²) >= 11 is 0. The van der Waals surface area contributed by atoms with Gasteiger partial charge in [0.25, 0.3) is 0 Å². The van der Waals surface area contributed by atoms with Crippen molar-refractivity contribution in [2.75, 3.05) is 7.05 Å². The third kappa shape index (κ3) is 3.34. The molecular weight excluding hydrogens is 310 g/mol. The fourth-order valence-electron chi connectivity index (χ4n) is 5.08. The number of imidazole rings is 1. The van der Waals surface area contributed by atoms with Gasteiger partial charge >= 0.3 is 0 Å². The van der Waals surface area contributed by atoms with E-state index >= 15 is 0 Å². The van der Waals surface area contributed by atoms with Crippen LogP contribution in [0.1, 0.15) is 51.3 Å². The number of aliphatic hydroxyl groups is 1. The molecule has 2 aromatic rings. The Labute approximate surface area is 150 Å². The maximum atomic E-state index is 9.87. The summed E-state index contributed by atoms with van der Waals surface area (Å²) in [6, 6.07) is 9.16. The molecule has 0 radical (unpaired) electrons. The van der Waals surface area contributed by atoms with E-state index in [-0.39, 0.29) is 6.10 Å². The molecule has 136 valence electrons. The van der Waals surface area contributed by atoms with Gasteiger partial charge in [-0.25, -0.2) is 4.98 Å². The highest BCUT2D eigenvalue weighted by molar-refractivity contribution is 5.75. The highest BCUT2D eigenvalue weighted by Gasteiger charge is 2.42. The lowest BCUT2D eigenvalue weighted by Gasteiger charge is -2.25. The number of unbranched alkanes of at least 4 members (excludes halogenated alkanes) is 1. The first kappa shape index (κ1) is 17.0. The fraction of sp³-hybridized carbons (Fsp3) is 0.667. The Morgan fingerprint density at radius 1 is 1.16 bits per heavy atom. The molecule has 0 saturated heterocycles. The number of fused-ring (bicyclic) bond motifs is 2. The molecule has 2 fully saturated rings. The highest BCUT2D eigenvalue weighted by Crippen LogP contribution is 2.45. The van der Waals surface area contributed by atoms with Crippen LogP contribution in [-0.4, -0.2) is 38.8 Å². The van der Waals surface area contributed by atoms with Gasteiger partial charge in [-0.15, -0.1) is 0 Å². The van der Waals surface area contributed by atoms with Gasteiger partial charge in [-0.1, -0.05) is 25.5 Å². The number of benzene rings is 1. The smallest absolute Gasteiger partial charge is 0.124 e. The van der Waals surface area contributed by atoms with E-state index in [1.807, 2.05) is 0 Å². The molecule has 2 saturated carbocycles. The predicted octanol–water partition coefficient (Wildman–Crippen LogP) is 3.82. The molecule has 1 N–H and O–H groups in total. The normalized spacial score (nSPS) is 29.0. The van der Waals surface area contributed by atoms with E-state index < -0.39 is 0 Å². The summed E-state index contributed by atoms with van der Waals surface area (Å²) in [5.41, 5.74) is 2.39. The van der Waals surface area contributed by atoms with Crippen LogP contribution in [0.2, 0.25) is 0 Å². The van der Waals surface area contributed by atoms with E-state index in [2.05, 4.69) is 47.7 Å². The van der Waals surface area contributed by atoms with Crippen molar-refractivity contribution >= 4 is 11.0 Å². The Kier molecular flexibility index (Phi) is 4.83. The van der Waals surface area contributed by atoms with Gasteiger partial charge in [0.1, 0.15) is 5.82 Å². The van der Waals surface area contributed by atoms with Crippen molar-refractivity contribution < 1.29 is 5.11 Å². The van der Waals surface area contributed by atoms with Crippen molar-refractivity contribution in [3.63, 3.8) is 0 Å². The lowest BCUT2D eigenvalue weighted by molar-refractivity contribution is 0.157. The van der Waals surface area contributed by atoms with Crippen LogP contribution in [0.25, 0.3) is 11.0 Å². The summed E-state index contributed by atoms with van der Waals surface area (Å²) in [7, 11) is 2.26. The van der Waals surface area contributed by atoms with Crippen molar-refractivity contribution in [2.24, 2.45) is 11.8 Å². The zero-order valence-corrected chi connectivity index (χ0v) is 15.6. The Morgan fingerprint density at radius 2 is 1.88 bits per heavy atom. The summed E-state index contributed by atoms with van der Waals surface area (Å²) in [4.78, 5) is 7.45. The van der Waals surface area contributed by atoms with Gasteiger partial charge < -0.3 is 9.67 Å². The molecule has 1 heterocycles. The van der Waals surface area contributed by atoms with E-state index in [1.165, 1.54) is 37.0 Å². The SMILES string of the molecule is CCCCn1c(CN(C)C2C[C@H]3CC(O)C[C@H]3C2)nc2ccccc21. The molecule has 4 rings (SSSR count). The molecule has 0 bridgehead atoms. The van der Waals surface area contributed by atoms with Crippen LogP contribution in [0.3, 0.4) is 0 Å². The molecule has 2 aliphatic carbocycles. The second-order valence-corrected chi connectivity index (χ2v) is 8.21. The van der Waals surface area contributed by atoms with Crippen molar-refractivity contribution in [2.45, 2.75) is 70.7 Å². The summed E-state index contributed by atoms with van der Waals surface area (Å²) in [5.74, 6) is 2.68. The standard InChI is InChI=1S/C21H31N3O/c1-3-4-9-24-20-8-6-5-7-19(20)22-21(24)14-23(2)17-10-15-12-18(25)13-16(15)11-17/h5-8,15-18,25H,3-4,9-14H2,1-2H3/t15-,16+,17?,18?. The maximum absolute atomic E-state index is 9.87. The Balaban J connectivity index is 1.50. The Hall–Kier alpha value is -1.39. The number of para-hydroxylation sites is 2. The summed E-state index contributed by atoms with van der Waals surface area (Å²) in [6.07, 6.45) is 6.88. The number of hydrogen-bond acceptors (Lipinski definition) is 3. The van der Waals surface area contributed by atoms with Crippen LogP contribution in [0.5, 0.6) is 0 Å². The molecule has 0 aliphatic heterocycles. The van der Waals surface area contributed by atoms with Crippen molar-refractivity contribution in [3.8, 4) is 0 Å². The average Bonchev–Trinajstić information content (AvgIpc) is 3.23. The number of nitrogens with zero attached hydrogens (tertiary/aromatic N) is 3. The van der Waals surface area contributed by atoms with Gasteiger partial charge in [0.05, 0.1) is 23.7 Å². The van der Waals surface area contributed by atoms with Gasteiger partial charge in [-0.2, -0.15) is 0 Å². The van der Waals surface area contributed by atoms with E-state index in [4.69, 9.17) is 4.98 Å². The number of rotatable bonds is 6. The van der Waals surface area contributed by atoms with E-state index in [0.717, 1.165) is 43.3 Å². The topological polar surface area (TPSA) is 41.3 Å². The number of aliphatic hydroxyl groups excluding tert-OH is 1. The van der Waals surface area contributed by atoms with Gasteiger partial charge in [0.2, 0.25) is 0 Å². The van der Waals surface area contributed by atoms with Gasteiger partial charge in [-0.05, 0) is 63.1 Å². The van der Waals surface area contributed by atoms with Gasteiger partial charge in [0, 0.05) is 12.6 Å². The van der Waals surface area contributed by atoms with Crippen LogP contribution >= 0.6 is 0 Å². The van der Waals surface area contributed by atoms with Crippen LogP contribution in [0, 0.1) is 11.8 Å².